The lowest BCUT2D eigenvalue weighted by Gasteiger charge is -2.09. The molecule has 130 valence electrons. The number of carbonyl (C=O) groups is 3. The molecule has 0 bridgehead atoms. The molecule has 0 saturated heterocycles. The Labute approximate surface area is 148 Å². The van der Waals surface area contributed by atoms with Crippen LogP contribution in [-0.2, 0) is 14.3 Å². The van der Waals surface area contributed by atoms with Crippen LogP contribution in [0.25, 0.3) is 0 Å². The molecule has 2 aromatic carbocycles. The summed E-state index contributed by atoms with van der Waals surface area (Å²) in [5.41, 5.74) is 1.05. The molecule has 0 unspecified atom stereocenters. The molecule has 0 heterocycles. The Morgan fingerprint density at radius 3 is 1.96 bits per heavy atom. The normalized spacial score (nSPS) is 9.88. The van der Waals surface area contributed by atoms with E-state index in [4.69, 9.17) is 16.3 Å². The van der Waals surface area contributed by atoms with Crippen molar-refractivity contribution in [1.82, 2.24) is 0 Å². The molecule has 2 aromatic rings. The molecule has 0 fully saturated rings. The molecular weight excluding hydrogens is 348 g/mol. The minimum atomic E-state index is -0.863. The van der Waals surface area contributed by atoms with Crippen molar-refractivity contribution in [3.05, 3.63) is 53.1 Å². The summed E-state index contributed by atoms with van der Waals surface area (Å²) in [4.78, 5) is 35.2. The van der Waals surface area contributed by atoms with Crippen LogP contribution in [0.5, 0.6) is 5.75 Å². The molecule has 0 aliphatic carbocycles. The second-order valence-electron chi connectivity index (χ2n) is 4.83. The zero-order valence-corrected chi connectivity index (χ0v) is 14.2. The summed E-state index contributed by atoms with van der Waals surface area (Å²) >= 11 is 5.96. The second kappa shape index (κ2) is 8.16. The van der Waals surface area contributed by atoms with Gasteiger partial charge in [0.15, 0.2) is 0 Å². The lowest BCUT2D eigenvalue weighted by atomic mass is 10.2. The minimum absolute atomic E-state index is 0.305. The summed E-state index contributed by atoms with van der Waals surface area (Å²) in [6.45, 7) is 0. The van der Waals surface area contributed by atoms with Gasteiger partial charge < -0.3 is 20.1 Å². The van der Waals surface area contributed by atoms with Crippen molar-refractivity contribution in [2.45, 2.75) is 0 Å². The van der Waals surface area contributed by atoms with E-state index in [1.807, 2.05) is 0 Å². The summed E-state index contributed by atoms with van der Waals surface area (Å²) in [6.07, 6.45) is 0. The van der Waals surface area contributed by atoms with Gasteiger partial charge in [-0.2, -0.15) is 0 Å². The van der Waals surface area contributed by atoms with Gasteiger partial charge in [-0.25, -0.2) is 4.79 Å². The van der Waals surface area contributed by atoms with Gasteiger partial charge in [-0.3, -0.25) is 9.59 Å². The van der Waals surface area contributed by atoms with Crippen molar-refractivity contribution in [1.29, 1.82) is 0 Å². The van der Waals surface area contributed by atoms with Gasteiger partial charge in [0.05, 0.1) is 24.8 Å². The van der Waals surface area contributed by atoms with E-state index in [1.165, 1.54) is 44.6 Å². The SMILES string of the molecule is COC(=O)c1ccc(NC(=O)C(=O)Nc2ccc(OC)c(Cl)c2)cc1. The fraction of sp³-hybridized carbons (Fsp3) is 0.118. The number of nitrogens with one attached hydrogen (secondary N) is 2. The van der Waals surface area contributed by atoms with E-state index in [-0.39, 0.29) is 0 Å². The van der Waals surface area contributed by atoms with Crippen molar-refractivity contribution >= 4 is 40.8 Å². The number of hydrogen-bond acceptors (Lipinski definition) is 5. The number of anilines is 2. The molecule has 0 aromatic heterocycles. The number of carbonyl (C=O) groups excluding carboxylic acids is 3. The molecule has 0 aliphatic heterocycles. The smallest absolute Gasteiger partial charge is 0.337 e. The zero-order chi connectivity index (χ0) is 18.4. The number of ether oxygens (including phenoxy) is 2. The van der Waals surface area contributed by atoms with Gasteiger partial charge in [0.25, 0.3) is 0 Å². The summed E-state index contributed by atoms with van der Waals surface area (Å²) in [7, 11) is 2.74. The van der Waals surface area contributed by atoms with E-state index in [2.05, 4.69) is 15.4 Å². The maximum absolute atomic E-state index is 11.9. The molecule has 8 heteroatoms. The number of rotatable bonds is 4. The van der Waals surface area contributed by atoms with Crippen LogP contribution < -0.4 is 15.4 Å². The number of amides is 2. The third kappa shape index (κ3) is 4.71. The van der Waals surface area contributed by atoms with Gasteiger partial charge in [-0.15, -0.1) is 0 Å². The van der Waals surface area contributed by atoms with E-state index >= 15 is 0 Å². The van der Waals surface area contributed by atoms with Gasteiger partial charge in [-0.1, -0.05) is 11.6 Å². The number of methoxy groups -OCH3 is 2. The van der Waals surface area contributed by atoms with Crippen LogP contribution in [0.1, 0.15) is 10.4 Å². The van der Waals surface area contributed by atoms with Gasteiger partial charge in [-0.05, 0) is 42.5 Å². The van der Waals surface area contributed by atoms with E-state index < -0.39 is 17.8 Å². The minimum Gasteiger partial charge on any atom is -0.495 e. The molecule has 25 heavy (non-hydrogen) atoms. The Morgan fingerprint density at radius 2 is 1.44 bits per heavy atom. The fourth-order valence-electron chi connectivity index (χ4n) is 1.93. The topological polar surface area (TPSA) is 93.7 Å². The standard InChI is InChI=1S/C17H15ClN2O5/c1-24-14-8-7-12(9-13(14)18)20-16(22)15(21)19-11-5-3-10(4-6-11)17(23)25-2/h3-9H,1-2H3,(H,19,21)(H,20,22). The highest BCUT2D eigenvalue weighted by Crippen LogP contribution is 2.27. The van der Waals surface area contributed by atoms with Gasteiger partial charge in [0.1, 0.15) is 5.75 Å². The number of esters is 1. The Bertz CT molecular complexity index is 805. The number of benzene rings is 2. The first-order chi connectivity index (χ1) is 11.9. The van der Waals surface area contributed by atoms with Crippen molar-refractivity contribution in [2.75, 3.05) is 24.9 Å². The van der Waals surface area contributed by atoms with E-state index in [9.17, 15) is 14.4 Å². The van der Waals surface area contributed by atoms with Crippen molar-refractivity contribution < 1.29 is 23.9 Å². The Kier molecular flexibility index (Phi) is 5.97. The van der Waals surface area contributed by atoms with Crippen LogP contribution in [0.15, 0.2) is 42.5 Å². The Hall–Kier alpha value is -3.06. The zero-order valence-electron chi connectivity index (χ0n) is 13.5. The third-order valence-electron chi connectivity index (χ3n) is 3.18. The lowest BCUT2D eigenvalue weighted by molar-refractivity contribution is -0.132. The highest BCUT2D eigenvalue weighted by Gasteiger charge is 2.15. The maximum Gasteiger partial charge on any atom is 0.337 e. The average molecular weight is 363 g/mol. The maximum atomic E-state index is 11.9. The summed E-state index contributed by atoms with van der Waals surface area (Å²) in [5, 5.41) is 5.15. The van der Waals surface area contributed by atoms with Crippen LogP contribution >= 0.6 is 11.6 Å². The fourth-order valence-corrected chi connectivity index (χ4v) is 2.19. The van der Waals surface area contributed by atoms with E-state index in [1.54, 1.807) is 12.1 Å². The van der Waals surface area contributed by atoms with Crippen LogP contribution in [-0.4, -0.2) is 32.0 Å². The van der Waals surface area contributed by atoms with Crippen LogP contribution in [0.3, 0.4) is 0 Å². The largest absolute Gasteiger partial charge is 0.495 e. The third-order valence-corrected chi connectivity index (χ3v) is 3.48. The molecule has 0 saturated carbocycles. The van der Waals surface area contributed by atoms with Crippen molar-refractivity contribution in [2.24, 2.45) is 0 Å². The molecule has 0 spiro atoms. The average Bonchev–Trinajstić information content (AvgIpc) is 2.61. The molecular formula is C17H15ClN2O5. The molecule has 2 rings (SSSR count). The van der Waals surface area contributed by atoms with E-state index in [0.29, 0.717) is 27.7 Å². The highest BCUT2D eigenvalue weighted by molar-refractivity contribution is 6.43. The first-order valence-electron chi connectivity index (χ1n) is 7.09. The van der Waals surface area contributed by atoms with Gasteiger partial charge in [0, 0.05) is 11.4 Å². The molecule has 2 N–H and O–H groups in total. The molecule has 2 amide bonds. The lowest BCUT2D eigenvalue weighted by Crippen LogP contribution is -2.29. The predicted molar refractivity (Wildman–Crippen MR) is 93.0 cm³/mol. The molecule has 0 atom stereocenters. The van der Waals surface area contributed by atoms with Crippen molar-refractivity contribution in [3.8, 4) is 5.75 Å². The molecule has 0 radical (unpaired) electrons. The van der Waals surface area contributed by atoms with Gasteiger partial charge >= 0.3 is 17.8 Å². The van der Waals surface area contributed by atoms with Crippen LogP contribution in [0, 0.1) is 0 Å². The van der Waals surface area contributed by atoms with Crippen molar-refractivity contribution in [3.63, 3.8) is 0 Å². The van der Waals surface area contributed by atoms with Gasteiger partial charge in [0.2, 0.25) is 0 Å². The number of halogens is 1. The summed E-state index contributed by atoms with van der Waals surface area (Å²) in [5.74, 6) is -1.77. The number of hydrogen-bond donors (Lipinski definition) is 2. The quantitative estimate of drug-likeness (QED) is 0.644. The van der Waals surface area contributed by atoms with E-state index in [0.717, 1.165) is 0 Å². The van der Waals surface area contributed by atoms with Crippen LogP contribution in [0.2, 0.25) is 5.02 Å². The summed E-state index contributed by atoms with van der Waals surface area (Å²) in [6, 6.07) is 10.5. The Morgan fingerprint density at radius 1 is 0.880 bits per heavy atom. The summed E-state index contributed by atoms with van der Waals surface area (Å²) < 4.78 is 9.59. The Balaban J connectivity index is 1.99. The molecule has 7 nitrogen and oxygen atoms in total. The highest BCUT2D eigenvalue weighted by atomic mass is 35.5. The first kappa shape index (κ1) is 18.3. The molecule has 0 aliphatic rings. The monoisotopic (exact) mass is 362 g/mol. The first-order valence-corrected chi connectivity index (χ1v) is 7.46. The van der Waals surface area contributed by atoms with Crippen LogP contribution in [0.4, 0.5) is 11.4 Å². The second-order valence-corrected chi connectivity index (χ2v) is 5.23. The predicted octanol–water partition coefficient (Wildman–Crippen LogP) is 2.71.